The quantitative estimate of drug-likeness (QED) is 0.846. The van der Waals surface area contributed by atoms with E-state index in [1.54, 1.807) is 17.7 Å². The van der Waals surface area contributed by atoms with Crippen LogP contribution in [0.1, 0.15) is 11.3 Å². The first-order valence-corrected chi connectivity index (χ1v) is 6.07. The van der Waals surface area contributed by atoms with Gasteiger partial charge in [0, 0.05) is 22.3 Å². The van der Waals surface area contributed by atoms with Crippen molar-refractivity contribution in [3.63, 3.8) is 0 Å². The molecule has 0 radical (unpaired) electrons. The SMILES string of the molecule is COc1ccc(N)cc1Cn1c(C)csc1=O. The van der Waals surface area contributed by atoms with E-state index in [1.807, 2.05) is 24.4 Å². The highest BCUT2D eigenvalue weighted by Gasteiger charge is 2.08. The first-order valence-electron chi connectivity index (χ1n) is 5.19. The van der Waals surface area contributed by atoms with Crippen molar-refractivity contribution in [1.82, 2.24) is 4.57 Å². The average Bonchev–Trinajstić information content (AvgIpc) is 2.61. The molecule has 0 aliphatic carbocycles. The van der Waals surface area contributed by atoms with E-state index >= 15 is 0 Å². The number of hydrogen-bond donors (Lipinski definition) is 1. The second-order valence-electron chi connectivity index (χ2n) is 3.80. The maximum absolute atomic E-state index is 11.6. The Morgan fingerprint density at radius 2 is 2.24 bits per heavy atom. The molecule has 4 nitrogen and oxygen atoms in total. The molecule has 2 aromatic rings. The summed E-state index contributed by atoms with van der Waals surface area (Å²) in [4.78, 5) is 11.7. The van der Waals surface area contributed by atoms with Crippen LogP contribution in [0.5, 0.6) is 5.75 Å². The molecule has 1 heterocycles. The van der Waals surface area contributed by atoms with Crippen LogP contribution < -0.4 is 15.3 Å². The third-order valence-electron chi connectivity index (χ3n) is 2.61. The predicted octanol–water partition coefficient (Wildman–Crippen LogP) is 1.86. The monoisotopic (exact) mass is 250 g/mol. The van der Waals surface area contributed by atoms with Crippen molar-refractivity contribution >= 4 is 17.0 Å². The first kappa shape index (κ1) is 11.7. The second-order valence-corrected chi connectivity index (χ2v) is 4.62. The van der Waals surface area contributed by atoms with E-state index in [4.69, 9.17) is 10.5 Å². The van der Waals surface area contributed by atoms with Gasteiger partial charge in [-0.3, -0.25) is 9.36 Å². The molecule has 0 atom stereocenters. The molecule has 0 amide bonds. The van der Waals surface area contributed by atoms with Gasteiger partial charge in [0.05, 0.1) is 13.7 Å². The Hall–Kier alpha value is -1.75. The molecule has 0 aliphatic rings. The van der Waals surface area contributed by atoms with Gasteiger partial charge in [0.2, 0.25) is 0 Å². The van der Waals surface area contributed by atoms with Gasteiger partial charge in [-0.25, -0.2) is 0 Å². The van der Waals surface area contributed by atoms with Crippen LogP contribution in [0.15, 0.2) is 28.4 Å². The van der Waals surface area contributed by atoms with Crippen molar-refractivity contribution in [2.45, 2.75) is 13.5 Å². The van der Waals surface area contributed by atoms with Gasteiger partial charge < -0.3 is 10.5 Å². The van der Waals surface area contributed by atoms with Gasteiger partial charge in [0.1, 0.15) is 5.75 Å². The second kappa shape index (κ2) is 4.63. The third kappa shape index (κ3) is 2.34. The zero-order chi connectivity index (χ0) is 12.4. The Morgan fingerprint density at radius 3 is 2.82 bits per heavy atom. The minimum atomic E-state index is 0.0342. The first-order chi connectivity index (χ1) is 8.11. The van der Waals surface area contributed by atoms with Crippen LogP contribution in [0.4, 0.5) is 5.69 Å². The maximum Gasteiger partial charge on any atom is 0.307 e. The summed E-state index contributed by atoms with van der Waals surface area (Å²) < 4.78 is 6.97. The molecule has 0 bridgehead atoms. The largest absolute Gasteiger partial charge is 0.496 e. The molecule has 0 saturated heterocycles. The lowest BCUT2D eigenvalue weighted by Crippen LogP contribution is -2.15. The average molecular weight is 250 g/mol. The summed E-state index contributed by atoms with van der Waals surface area (Å²) >= 11 is 1.20. The molecule has 5 heteroatoms. The summed E-state index contributed by atoms with van der Waals surface area (Å²) in [5.41, 5.74) is 8.28. The Labute approximate surface area is 103 Å². The Bertz CT molecular complexity index is 586. The summed E-state index contributed by atoms with van der Waals surface area (Å²) in [5, 5.41) is 1.85. The topological polar surface area (TPSA) is 57.2 Å². The molecular weight excluding hydrogens is 236 g/mol. The van der Waals surface area contributed by atoms with Gasteiger partial charge in [-0.15, -0.1) is 0 Å². The molecule has 1 aromatic carbocycles. The molecule has 1 aromatic heterocycles. The number of ether oxygens (including phenoxy) is 1. The number of nitrogens with zero attached hydrogens (tertiary/aromatic N) is 1. The molecular formula is C12H14N2O2S. The van der Waals surface area contributed by atoms with Crippen LogP contribution in [0.3, 0.4) is 0 Å². The number of hydrogen-bond acceptors (Lipinski definition) is 4. The van der Waals surface area contributed by atoms with E-state index in [0.717, 1.165) is 17.0 Å². The van der Waals surface area contributed by atoms with Crippen LogP contribution in [0, 0.1) is 6.92 Å². The van der Waals surface area contributed by atoms with Crippen LogP contribution in [-0.2, 0) is 6.54 Å². The molecule has 0 unspecified atom stereocenters. The number of rotatable bonds is 3. The molecule has 2 rings (SSSR count). The van der Waals surface area contributed by atoms with E-state index in [0.29, 0.717) is 12.2 Å². The van der Waals surface area contributed by atoms with Crippen molar-refractivity contribution < 1.29 is 4.74 Å². The molecule has 0 spiro atoms. The predicted molar refractivity (Wildman–Crippen MR) is 69.8 cm³/mol. The number of nitrogens with two attached hydrogens (primary N) is 1. The zero-order valence-electron chi connectivity index (χ0n) is 9.77. The molecule has 0 aliphatic heterocycles. The van der Waals surface area contributed by atoms with Crippen LogP contribution in [0.2, 0.25) is 0 Å². The minimum absolute atomic E-state index is 0.0342. The van der Waals surface area contributed by atoms with Crippen molar-refractivity contribution in [2.24, 2.45) is 0 Å². The Balaban J connectivity index is 2.42. The maximum atomic E-state index is 11.6. The number of nitrogen functional groups attached to an aromatic ring is 1. The highest BCUT2D eigenvalue weighted by atomic mass is 32.1. The summed E-state index contributed by atoms with van der Waals surface area (Å²) in [7, 11) is 1.61. The van der Waals surface area contributed by atoms with Crippen molar-refractivity contribution in [2.75, 3.05) is 12.8 Å². The van der Waals surface area contributed by atoms with Gasteiger partial charge in [-0.05, 0) is 25.1 Å². The number of thiazole rings is 1. The lowest BCUT2D eigenvalue weighted by Gasteiger charge is -2.10. The van der Waals surface area contributed by atoms with Crippen LogP contribution in [-0.4, -0.2) is 11.7 Å². The van der Waals surface area contributed by atoms with Crippen LogP contribution in [0.25, 0.3) is 0 Å². The summed E-state index contributed by atoms with van der Waals surface area (Å²) in [6.45, 7) is 2.40. The van der Waals surface area contributed by atoms with Gasteiger partial charge in [0.25, 0.3) is 0 Å². The van der Waals surface area contributed by atoms with E-state index in [2.05, 4.69) is 0 Å². The van der Waals surface area contributed by atoms with Crippen molar-refractivity contribution in [1.29, 1.82) is 0 Å². The van der Waals surface area contributed by atoms with E-state index in [9.17, 15) is 4.79 Å². The number of anilines is 1. The lowest BCUT2D eigenvalue weighted by atomic mass is 10.1. The summed E-state index contributed by atoms with van der Waals surface area (Å²) in [6, 6.07) is 5.44. The van der Waals surface area contributed by atoms with Gasteiger partial charge in [-0.2, -0.15) is 0 Å². The number of aryl methyl sites for hydroxylation is 1. The zero-order valence-corrected chi connectivity index (χ0v) is 10.6. The lowest BCUT2D eigenvalue weighted by molar-refractivity contribution is 0.408. The number of benzene rings is 1. The Kier molecular flexibility index (Phi) is 3.19. The smallest absolute Gasteiger partial charge is 0.307 e. The number of aromatic nitrogens is 1. The highest BCUT2D eigenvalue weighted by molar-refractivity contribution is 7.07. The van der Waals surface area contributed by atoms with Gasteiger partial charge in [0.15, 0.2) is 0 Å². The minimum Gasteiger partial charge on any atom is -0.496 e. The van der Waals surface area contributed by atoms with Crippen molar-refractivity contribution in [3.8, 4) is 5.75 Å². The van der Waals surface area contributed by atoms with Gasteiger partial charge >= 0.3 is 4.87 Å². The third-order valence-corrected chi connectivity index (χ3v) is 3.49. The normalized spacial score (nSPS) is 10.5. The molecule has 17 heavy (non-hydrogen) atoms. The van der Waals surface area contributed by atoms with E-state index in [1.165, 1.54) is 11.3 Å². The van der Waals surface area contributed by atoms with E-state index < -0.39 is 0 Å². The molecule has 2 N–H and O–H groups in total. The standard InChI is InChI=1S/C12H14N2O2S/c1-8-7-17-12(15)14(8)6-9-5-10(13)3-4-11(9)16-2/h3-5,7H,6,13H2,1-2H3. The summed E-state index contributed by atoms with van der Waals surface area (Å²) in [6.07, 6.45) is 0. The fourth-order valence-electron chi connectivity index (χ4n) is 1.69. The van der Waals surface area contributed by atoms with Gasteiger partial charge in [-0.1, -0.05) is 11.3 Å². The fourth-order valence-corrected chi connectivity index (χ4v) is 2.42. The fraction of sp³-hybridized carbons (Fsp3) is 0.250. The van der Waals surface area contributed by atoms with E-state index in [-0.39, 0.29) is 4.87 Å². The highest BCUT2D eigenvalue weighted by Crippen LogP contribution is 2.22. The molecule has 0 saturated carbocycles. The summed E-state index contributed by atoms with van der Waals surface area (Å²) in [5.74, 6) is 0.747. The molecule has 0 fully saturated rings. The molecule has 90 valence electrons. The Morgan fingerprint density at radius 1 is 1.47 bits per heavy atom. The van der Waals surface area contributed by atoms with Crippen molar-refractivity contribution in [3.05, 3.63) is 44.5 Å². The van der Waals surface area contributed by atoms with Crippen LogP contribution >= 0.6 is 11.3 Å². The number of methoxy groups -OCH3 is 1.